The molecule has 178 valence electrons. The van der Waals surface area contributed by atoms with Gasteiger partial charge in [-0.3, -0.25) is 4.90 Å². The van der Waals surface area contributed by atoms with Crippen molar-refractivity contribution >= 4 is 17.7 Å². The number of ether oxygens (including phenoxy) is 3. The van der Waals surface area contributed by atoms with Crippen LogP contribution < -0.4 is 4.74 Å². The minimum absolute atomic E-state index is 0.284. The highest BCUT2D eigenvalue weighted by atomic mass is 32.2. The molecule has 3 fully saturated rings. The number of rotatable bonds is 9. The van der Waals surface area contributed by atoms with Crippen LogP contribution in [0.1, 0.15) is 57.8 Å². The molecule has 1 heterocycles. The van der Waals surface area contributed by atoms with Crippen molar-refractivity contribution in [2.24, 2.45) is 5.92 Å². The highest BCUT2D eigenvalue weighted by Gasteiger charge is 2.34. The highest BCUT2D eigenvalue weighted by Crippen LogP contribution is 2.35. The molecule has 0 spiro atoms. The summed E-state index contributed by atoms with van der Waals surface area (Å²) in [5, 5.41) is 0.855. The first-order valence-corrected chi connectivity index (χ1v) is 13.5. The molecule has 0 aromatic heterocycles. The topological polar surface area (TPSA) is 48.0 Å². The van der Waals surface area contributed by atoms with Gasteiger partial charge in [0.15, 0.2) is 6.10 Å². The number of esters is 1. The SMILES string of the molecule is COC(=O)C(CC1CCC(OCCN2CCSC3CCCCC32)CC1)Oc1ccccc1. The molecule has 5 nitrogen and oxygen atoms in total. The molecule has 0 amide bonds. The Balaban J connectivity index is 1.17. The normalized spacial score (nSPS) is 29.7. The van der Waals surface area contributed by atoms with E-state index < -0.39 is 6.10 Å². The summed E-state index contributed by atoms with van der Waals surface area (Å²) in [5.74, 6) is 2.19. The van der Waals surface area contributed by atoms with E-state index >= 15 is 0 Å². The molecule has 1 aromatic carbocycles. The lowest BCUT2D eigenvalue weighted by molar-refractivity contribution is -0.149. The maximum absolute atomic E-state index is 12.3. The van der Waals surface area contributed by atoms with Crippen LogP contribution in [-0.4, -0.2) is 66.9 Å². The van der Waals surface area contributed by atoms with Crippen LogP contribution in [-0.2, 0) is 14.3 Å². The molecule has 1 saturated heterocycles. The van der Waals surface area contributed by atoms with E-state index in [0.717, 1.165) is 55.9 Å². The van der Waals surface area contributed by atoms with E-state index in [9.17, 15) is 4.79 Å². The number of fused-ring (bicyclic) bond motifs is 1. The fourth-order valence-corrected chi connectivity index (χ4v) is 7.12. The summed E-state index contributed by atoms with van der Waals surface area (Å²) in [4.78, 5) is 15.0. The van der Waals surface area contributed by atoms with Gasteiger partial charge in [-0.25, -0.2) is 4.79 Å². The zero-order chi connectivity index (χ0) is 22.2. The van der Waals surface area contributed by atoms with Gasteiger partial charge in [0, 0.05) is 30.1 Å². The molecule has 0 bridgehead atoms. The zero-order valence-electron chi connectivity index (χ0n) is 19.5. The molecule has 0 radical (unpaired) electrons. The van der Waals surface area contributed by atoms with E-state index in [-0.39, 0.29) is 5.97 Å². The van der Waals surface area contributed by atoms with Gasteiger partial charge >= 0.3 is 5.97 Å². The largest absolute Gasteiger partial charge is 0.479 e. The van der Waals surface area contributed by atoms with Gasteiger partial charge in [0.2, 0.25) is 0 Å². The van der Waals surface area contributed by atoms with Gasteiger partial charge in [0.25, 0.3) is 0 Å². The fourth-order valence-electron chi connectivity index (χ4n) is 5.62. The Kier molecular flexibility index (Phi) is 9.18. The first-order chi connectivity index (χ1) is 15.7. The first-order valence-electron chi connectivity index (χ1n) is 12.5. The van der Waals surface area contributed by atoms with E-state index in [1.807, 2.05) is 30.3 Å². The van der Waals surface area contributed by atoms with E-state index in [0.29, 0.717) is 18.4 Å². The van der Waals surface area contributed by atoms with Crippen LogP contribution in [0.15, 0.2) is 30.3 Å². The minimum Gasteiger partial charge on any atom is -0.479 e. The van der Waals surface area contributed by atoms with E-state index in [2.05, 4.69) is 16.7 Å². The zero-order valence-corrected chi connectivity index (χ0v) is 20.3. The number of nitrogens with zero attached hydrogens (tertiary/aromatic N) is 1. The van der Waals surface area contributed by atoms with Crippen LogP contribution in [0, 0.1) is 5.92 Å². The number of carbonyl (C=O) groups is 1. The van der Waals surface area contributed by atoms with Crippen molar-refractivity contribution in [3.05, 3.63) is 30.3 Å². The number of para-hydroxylation sites is 1. The summed E-state index contributed by atoms with van der Waals surface area (Å²) >= 11 is 2.20. The Morgan fingerprint density at radius 2 is 1.88 bits per heavy atom. The second kappa shape index (κ2) is 12.3. The number of hydrogen-bond donors (Lipinski definition) is 0. The first kappa shape index (κ1) is 23.9. The predicted molar refractivity (Wildman–Crippen MR) is 129 cm³/mol. The quantitative estimate of drug-likeness (QED) is 0.486. The van der Waals surface area contributed by atoms with Gasteiger partial charge in [-0.2, -0.15) is 11.8 Å². The van der Waals surface area contributed by atoms with Crippen LogP contribution in [0.5, 0.6) is 5.75 Å². The smallest absolute Gasteiger partial charge is 0.347 e. The third-order valence-electron chi connectivity index (χ3n) is 7.41. The average Bonchev–Trinajstić information content (AvgIpc) is 2.85. The van der Waals surface area contributed by atoms with Gasteiger partial charge in [0.1, 0.15) is 5.75 Å². The number of methoxy groups -OCH3 is 1. The molecule has 3 atom stereocenters. The lowest BCUT2D eigenvalue weighted by Gasteiger charge is -2.43. The molecule has 6 heteroatoms. The Labute approximate surface area is 197 Å². The van der Waals surface area contributed by atoms with Crippen LogP contribution in [0.2, 0.25) is 0 Å². The molecule has 1 aromatic rings. The molecule has 1 aliphatic heterocycles. The van der Waals surface area contributed by atoms with Crippen LogP contribution in [0.3, 0.4) is 0 Å². The molecule has 3 unspecified atom stereocenters. The van der Waals surface area contributed by atoms with Crippen molar-refractivity contribution in [1.82, 2.24) is 4.90 Å². The lowest BCUT2D eigenvalue weighted by Crippen LogP contribution is -2.50. The second-order valence-electron chi connectivity index (χ2n) is 9.49. The maximum Gasteiger partial charge on any atom is 0.347 e. The van der Waals surface area contributed by atoms with Crippen molar-refractivity contribution < 1.29 is 19.0 Å². The molecule has 2 saturated carbocycles. The molecule has 0 N–H and O–H groups in total. The molecule has 2 aliphatic carbocycles. The fraction of sp³-hybridized carbons (Fsp3) is 0.731. The van der Waals surface area contributed by atoms with Gasteiger partial charge < -0.3 is 14.2 Å². The predicted octanol–water partition coefficient (Wildman–Crippen LogP) is 4.93. The van der Waals surface area contributed by atoms with E-state index in [1.54, 1.807) is 0 Å². The van der Waals surface area contributed by atoms with Gasteiger partial charge in [-0.15, -0.1) is 0 Å². The van der Waals surface area contributed by atoms with Crippen molar-refractivity contribution in [3.63, 3.8) is 0 Å². The molecular formula is C26H39NO4S. The number of thioether (sulfide) groups is 1. The molecule has 4 rings (SSSR count). The number of carbonyl (C=O) groups excluding carboxylic acids is 1. The second-order valence-corrected chi connectivity index (χ2v) is 10.8. The van der Waals surface area contributed by atoms with Crippen LogP contribution in [0.25, 0.3) is 0 Å². The maximum atomic E-state index is 12.3. The number of hydrogen-bond acceptors (Lipinski definition) is 6. The van der Waals surface area contributed by atoms with Gasteiger partial charge in [-0.1, -0.05) is 31.0 Å². The average molecular weight is 462 g/mol. The van der Waals surface area contributed by atoms with Crippen molar-refractivity contribution in [2.45, 2.75) is 81.3 Å². The minimum atomic E-state index is -0.537. The third-order valence-corrected chi connectivity index (χ3v) is 8.80. The van der Waals surface area contributed by atoms with E-state index in [1.165, 1.54) is 45.1 Å². The van der Waals surface area contributed by atoms with E-state index in [4.69, 9.17) is 14.2 Å². The summed E-state index contributed by atoms with van der Waals surface area (Å²) in [6.07, 6.45) is 10.4. The summed E-state index contributed by atoms with van der Waals surface area (Å²) in [5.41, 5.74) is 0. The Hall–Kier alpha value is -1.24. The van der Waals surface area contributed by atoms with Crippen molar-refractivity contribution in [2.75, 3.05) is 32.6 Å². The van der Waals surface area contributed by atoms with Gasteiger partial charge in [-0.05, 0) is 63.0 Å². The van der Waals surface area contributed by atoms with Gasteiger partial charge in [0.05, 0.1) is 19.8 Å². The van der Waals surface area contributed by atoms with Crippen LogP contribution >= 0.6 is 11.8 Å². The standard InChI is InChI=1S/C26H39NO4S/c1-29-26(28)24(31-22-7-3-2-4-8-22)19-20-11-13-21(14-12-20)30-17-15-27-16-18-32-25-10-6-5-9-23(25)27/h2-4,7-8,20-21,23-25H,5-6,9-19H2,1H3. The Bertz CT molecular complexity index is 692. The summed E-state index contributed by atoms with van der Waals surface area (Å²) in [6, 6.07) is 10.3. The highest BCUT2D eigenvalue weighted by molar-refractivity contribution is 8.00. The Morgan fingerprint density at radius 3 is 2.66 bits per heavy atom. The summed E-state index contributed by atoms with van der Waals surface area (Å²) in [7, 11) is 1.44. The van der Waals surface area contributed by atoms with Crippen molar-refractivity contribution in [3.8, 4) is 5.75 Å². The summed E-state index contributed by atoms with van der Waals surface area (Å²) < 4.78 is 17.3. The molecular weight excluding hydrogens is 422 g/mol. The summed E-state index contributed by atoms with van der Waals surface area (Å²) in [6.45, 7) is 3.15. The lowest BCUT2D eigenvalue weighted by atomic mass is 9.84. The van der Waals surface area contributed by atoms with Crippen molar-refractivity contribution in [1.29, 1.82) is 0 Å². The Morgan fingerprint density at radius 1 is 1.09 bits per heavy atom. The molecule has 32 heavy (non-hydrogen) atoms. The van der Waals surface area contributed by atoms with Crippen LogP contribution in [0.4, 0.5) is 0 Å². The molecule has 3 aliphatic rings. The monoisotopic (exact) mass is 461 g/mol. The number of benzene rings is 1. The third kappa shape index (κ3) is 6.64.